The Bertz CT molecular complexity index is 450. The average molecular weight is 241 g/mol. The van der Waals surface area contributed by atoms with Gasteiger partial charge in [0.2, 0.25) is 5.89 Å². The standard InChI is InChI=1S/C11H13ClN2O2/c1-2-8-6-14-11(16-8)7-13-5-9-3-4-10(12)15-9/h3-4,6,13H,2,5,7H2,1H3. The van der Waals surface area contributed by atoms with Crippen LogP contribution >= 0.6 is 11.6 Å². The number of oxazole rings is 1. The summed E-state index contributed by atoms with van der Waals surface area (Å²) in [6.07, 6.45) is 2.61. The first-order valence-electron chi connectivity index (χ1n) is 5.16. The molecule has 86 valence electrons. The lowest BCUT2D eigenvalue weighted by molar-refractivity contribution is 0.424. The van der Waals surface area contributed by atoms with Gasteiger partial charge in [-0.05, 0) is 23.7 Å². The molecule has 2 rings (SSSR count). The monoisotopic (exact) mass is 240 g/mol. The van der Waals surface area contributed by atoms with Gasteiger partial charge in [-0.3, -0.25) is 0 Å². The maximum Gasteiger partial charge on any atom is 0.208 e. The third-order valence-electron chi connectivity index (χ3n) is 2.15. The zero-order valence-corrected chi connectivity index (χ0v) is 9.75. The van der Waals surface area contributed by atoms with Crippen LogP contribution in [0.4, 0.5) is 0 Å². The molecule has 0 amide bonds. The Morgan fingerprint density at radius 3 is 2.75 bits per heavy atom. The van der Waals surface area contributed by atoms with Gasteiger partial charge in [-0.2, -0.15) is 0 Å². The van der Waals surface area contributed by atoms with E-state index in [1.165, 1.54) is 0 Å². The van der Waals surface area contributed by atoms with Crippen molar-refractivity contribution in [3.8, 4) is 0 Å². The average Bonchev–Trinajstić information content (AvgIpc) is 2.88. The summed E-state index contributed by atoms with van der Waals surface area (Å²) < 4.78 is 10.6. The molecule has 0 spiro atoms. The molecule has 2 aromatic rings. The summed E-state index contributed by atoms with van der Waals surface area (Å²) in [5.41, 5.74) is 0. The summed E-state index contributed by atoms with van der Waals surface area (Å²) >= 11 is 5.65. The SMILES string of the molecule is CCc1cnc(CNCc2ccc(Cl)o2)o1. The van der Waals surface area contributed by atoms with E-state index in [4.69, 9.17) is 20.4 Å². The Morgan fingerprint density at radius 1 is 1.25 bits per heavy atom. The van der Waals surface area contributed by atoms with Gasteiger partial charge in [-0.25, -0.2) is 4.98 Å². The van der Waals surface area contributed by atoms with Gasteiger partial charge in [-0.15, -0.1) is 0 Å². The molecule has 0 radical (unpaired) electrons. The topological polar surface area (TPSA) is 51.2 Å². The van der Waals surface area contributed by atoms with E-state index in [1.54, 1.807) is 12.3 Å². The summed E-state index contributed by atoms with van der Waals surface area (Å²) in [6.45, 7) is 3.22. The molecule has 1 N–H and O–H groups in total. The van der Waals surface area contributed by atoms with Crippen molar-refractivity contribution >= 4 is 11.6 Å². The van der Waals surface area contributed by atoms with Crippen LogP contribution < -0.4 is 5.32 Å². The molecule has 0 aromatic carbocycles. The summed E-state index contributed by atoms with van der Waals surface area (Å²) in [4.78, 5) is 4.14. The molecule has 0 bridgehead atoms. The predicted octanol–water partition coefficient (Wildman–Crippen LogP) is 2.77. The fourth-order valence-electron chi connectivity index (χ4n) is 1.33. The lowest BCUT2D eigenvalue weighted by Crippen LogP contribution is -2.12. The number of furan rings is 1. The van der Waals surface area contributed by atoms with Crippen molar-refractivity contribution in [2.75, 3.05) is 0 Å². The van der Waals surface area contributed by atoms with Crippen molar-refractivity contribution < 1.29 is 8.83 Å². The second kappa shape index (κ2) is 5.18. The van der Waals surface area contributed by atoms with Crippen molar-refractivity contribution in [3.05, 3.63) is 41.0 Å². The number of aromatic nitrogens is 1. The molecule has 0 aliphatic carbocycles. The summed E-state index contributed by atoms with van der Waals surface area (Å²) in [6, 6.07) is 3.56. The van der Waals surface area contributed by atoms with E-state index in [2.05, 4.69) is 10.3 Å². The summed E-state index contributed by atoms with van der Waals surface area (Å²) in [5.74, 6) is 2.39. The van der Waals surface area contributed by atoms with E-state index in [9.17, 15) is 0 Å². The summed E-state index contributed by atoms with van der Waals surface area (Å²) in [5, 5.41) is 3.56. The maximum absolute atomic E-state index is 5.65. The fraction of sp³-hybridized carbons (Fsp3) is 0.364. The molecular formula is C11H13ClN2O2. The minimum atomic E-state index is 0.404. The number of hydrogen-bond acceptors (Lipinski definition) is 4. The number of nitrogens with one attached hydrogen (secondary N) is 1. The molecule has 0 atom stereocenters. The first kappa shape index (κ1) is 11.2. The van der Waals surface area contributed by atoms with Crippen LogP contribution in [-0.2, 0) is 19.5 Å². The molecule has 0 unspecified atom stereocenters. The van der Waals surface area contributed by atoms with E-state index in [0.29, 0.717) is 24.2 Å². The minimum absolute atomic E-state index is 0.404. The highest BCUT2D eigenvalue weighted by Crippen LogP contribution is 2.12. The molecular weight excluding hydrogens is 228 g/mol. The molecule has 0 aliphatic heterocycles. The van der Waals surface area contributed by atoms with Crippen molar-refractivity contribution in [3.63, 3.8) is 0 Å². The summed E-state index contributed by atoms with van der Waals surface area (Å²) in [7, 11) is 0. The van der Waals surface area contributed by atoms with Crippen LogP contribution in [0.5, 0.6) is 0 Å². The number of aryl methyl sites for hydroxylation is 1. The third kappa shape index (κ3) is 2.87. The molecule has 0 fully saturated rings. The van der Waals surface area contributed by atoms with E-state index < -0.39 is 0 Å². The lowest BCUT2D eigenvalue weighted by Gasteiger charge is -1.98. The Balaban J connectivity index is 1.79. The van der Waals surface area contributed by atoms with Crippen LogP contribution in [0.15, 0.2) is 27.2 Å². The van der Waals surface area contributed by atoms with Gasteiger partial charge in [0.1, 0.15) is 11.5 Å². The lowest BCUT2D eigenvalue weighted by atomic mass is 10.4. The largest absolute Gasteiger partial charge is 0.448 e. The fourth-order valence-corrected chi connectivity index (χ4v) is 1.49. The highest BCUT2D eigenvalue weighted by atomic mass is 35.5. The highest BCUT2D eigenvalue weighted by Gasteiger charge is 2.03. The molecule has 0 saturated heterocycles. The molecule has 5 heteroatoms. The molecule has 2 heterocycles. The van der Waals surface area contributed by atoms with Gasteiger partial charge in [0, 0.05) is 6.42 Å². The molecule has 2 aromatic heterocycles. The predicted molar refractivity (Wildman–Crippen MR) is 60.1 cm³/mol. The van der Waals surface area contributed by atoms with Crippen molar-refractivity contribution in [2.45, 2.75) is 26.4 Å². The van der Waals surface area contributed by atoms with E-state index in [0.717, 1.165) is 17.9 Å². The quantitative estimate of drug-likeness (QED) is 0.873. The second-order valence-electron chi connectivity index (χ2n) is 3.38. The first-order chi connectivity index (χ1) is 7.78. The van der Waals surface area contributed by atoms with Crippen LogP contribution in [0.3, 0.4) is 0 Å². The van der Waals surface area contributed by atoms with E-state index >= 15 is 0 Å². The van der Waals surface area contributed by atoms with Gasteiger partial charge in [0.15, 0.2) is 5.22 Å². The zero-order chi connectivity index (χ0) is 11.4. The number of halogens is 1. The van der Waals surface area contributed by atoms with Gasteiger partial charge < -0.3 is 14.2 Å². The van der Waals surface area contributed by atoms with Crippen molar-refractivity contribution in [2.24, 2.45) is 0 Å². The Labute approximate surface area is 98.6 Å². The zero-order valence-electron chi connectivity index (χ0n) is 9.00. The number of hydrogen-bond donors (Lipinski definition) is 1. The Kier molecular flexibility index (Phi) is 3.64. The van der Waals surface area contributed by atoms with Crippen LogP contribution in [0.25, 0.3) is 0 Å². The normalized spacial score (nSPS) is 10.9. The molecule has 0 saturated carbocycles. The third-order valence-corrected chi connectivity index (χ3v) is 2.36. The van der Waals surface area contributed by atoms with E-state index in [1.807, 2.05) is 13.0 Å². The van der Waals surface area contributed by atoms with Crippen LogP contribution in [0.1, 0.15) is 24.3 Å². The maximum atomic E-state index is 5.65. The Morgan fingerprint density at radius 2 is 2.12 bits per heavy atom. The molecule has 16 heavy (non-hydrogen) atoms. The Hall–Kier alpha value is -1.26. The highest BCUT2D eigenvalue weighted by molar-refractivity contribution is 6.28. The second-order valence-corrected chi connectivity index (χ2v) is 3.76. The smallest absolute Gasteiger partial charge is 0.208 e. The number of nitrogens with zero attached hydrogens (tertiary/aromatic N) is 1. The van der Waals surface area contributed by atoms with Crippen LogP contribution in [0, 0.1) is 0 Å². The van der Waals surface area contributed by atoms with Gasteiger partial charge in [0.25, 0.3) is 0 Å². The first-order valence-corrected chi connectivity index (χ1v) is 5.54. The van der Waals surface area contributed by atoms with Gasteiger partial charge in [0.05, 0.1) is 19.3 Å². The molecule has 4 nitrogen and oxygen atoms in total. The van der Waals surface area contributed by atoms with E-state index in [-0.39, 0.29) is 0 Å². The van der Waals surface area contributed by atoms with Crippen molar-refractivity contribution in [1.29, 1.82) is 0 Å². The number of rotatable bonds is 5. The van der Waals surface area contributed by atoms with Crippen molar-refractivity contribution in [1.82, 2.24) is 10.3 Å². The molecule has 0 aliphatic rings. The van der Waals surface area contributed by atoms with Gasteiger partial charge in [-0.1, -0.05) is 6.92 Å². The van der Waals surface area contributed by atoms with Crippen LogP contribution in [0.2, 0.25) is 5.22 Å². The van der Waals surface area contributed by atoms with Gasteiger partial charge >= 0.3 is 0 Å². The minimum Gasteiger partial charge on any atom is -0.448 e. The van der Waals surface area contributed by atoms with Crippen LogP contribution in [-0.4, -0.2) is 4.98 Å².